The van der Waals surface area contributed by atoms with Gasteiger partial charge in [-0.3, -0.25) is 13.9 Å². The summed E-state index contributed by atoms with van der Waals surface area (Å²) >= 11 is 0. The molecule has 254 valence electrons. The molecule has 5 rings (SSSR count). The highest BCUT2D eigenvalue weighted by molar-refractivity contribution is 7.44. The second-order valence-corrected chi connectivity index (χ2v) is 11.7. The summed E-state index contributed by atoms with van der Waals surface area (Å²) in [7, 11) is -5.28. The van der Waals surface area contributed by atoms with Crippen LogP contribution in [0, 0.1) is 6.92 Å². The first-order valence-corrected chi connectivity index (χ1v) is 15.2. The molecule has 14 nitrogen and oxygen atoms in total. The fourth-order valence-corrected chi connectivity index (χ4v) is 5.17. The van der Waals surface area contributed by atoms with E-state index in [1.165, 1.54) is 0 Å². The maximum absolute atomic E-state index is 14.6. The first-order valence-electron chi connectivity index (χ1n) is 13.7. The van der Waals surface area contributed by atoms with Crippen molar-refractivity contribution in [2.24, 2.45) is 0 Å². The number of halogens is 2. The van der Waals surface area contributed by atoms with Crippen LogP contribution < -0.4 is 15.3 Å². The monoisotopic (exact) mass is 681 g/mol. The van der Waals surface area contributed by atoms with Crippen molar-refractivity contribution in [1.82, 2.24) is 9.55 Å². The quantitative estimate of drug-likeness (QED) is 0.146. The van der Waals surface area contributed by atoms with E-state index in [1.807, 2.05) is 25.1 Å². The Kier molecular flexibility index (Phi) is 11.0. The van der Waals surface area contributed by atoms with Gasteiger partial charge in [0.2, 0.25) is 6.23 Å². The van der Waals surface area contributed by atoms with Gasteiger partial charge in [-0.05, 0) is 48.4 Å². The summed E-state index contributed by atoms with van der Waals surface area (Å²) in [5.41, 5.74) is 1.59. The van der Waals surface area contributed by atoms with Crippen LogP contribution in [0.1, 0.15) is 41.8 Å². The average Bonchev–Trinajstić information content (AvgIpc) is 3.51. The molecule has 2 aromatic heterocycles. The maximum Gasteiger partial charge on any atom is 0.350 e. The predicted octanol–water partition coefficient (Wildman–Crippen LogP) is 2.66. The fourth-order valence-electron chi connectivity index (χ4n) is 4.83. The minimum atomic E-state index is -5.28. The van der Waals surface area contributed by atoms with Gasteiger partial charge in [-0.1, -0.05) is 25.6 Å². The highest BCUT2D eigenvalue weighted by Gasteiger charge is 2.59. The van der Waals surface area contributed by atoms with Crippen molar-refractivity contribution < 1.29 is 61.3 Å². The number of ether oxygens (including phenoxy) is 3. The number of aliphatic hydroxyl groups is 2. The number of carbonyl (C=O) groups excluding carboxylic acids is 1. The first-order chi connectivity index (χ1) is 21.7. The second kappa shape index (κ2) is 14.4. The number of carbonyl (C=O) groups is 1. The average molecular weight is 682 g/mol. The minimum absolute atomic E-state index is 0. The summed E-state index contributed by atoms with van der Waals surface area (Å²) in [6, 6.07) is 13.5. The Morgan fingerprint density at radius 2 is 1.89 bits per heavy atom. The summed E-state index contributed by atoms with van der Waals surface area (Å²) in [6.07, 6.45) is -6.39. The van der Waals surface area contributed by atoms with E-state index in [9.17, 15) is 38.0 Å². The van der Waals surface area contributed by atoms with Crippen LogP contribution in [0.4, 0.5) is 8.78 Å². The molecule has 0 amide bonds. The molecule has 1 fully saturated rings. The van der Waals surface area contributed by atoms with Crippen LogP contribution in [-0.4, -0.2) is 55.4 Å². The van der Waals surface area contributed by atoms with Gasteiger partial charge in [0.1, 0.15) is 36.4 Å². The van der Waals surface area contributed by atoms with Gasteiger partial charge in [-0.15, -0.1) is 0 Å². The van der Waals surface area contributed by atoms with Gasteiger partial charge >= 0.3 is 17.6 Å². The number of aromatic nitrogens is 2. The number of aryl methyl sites for hydroxylation is 1. The second-order valence-electron chi connectivity index (χ2n) is 10.5. The lowest BCUT2D eigenvalue weighted by molar-refractivity contribution is -0.223. The van der Waals surface area contributed by atoms with Crippen molar-refractivity contribution in [3.63, 3.8) is 0 Å². The lowest BCUT2D eigenvalue weighted by Gasteiger charge is -2.21. The number of esters is 1. The Morgan fingerprint density at radius 1 is 1.17 bits per heavy atom. The van der Waals surface area contributed by atoms with Gasteiger partial charge in [-0.2, -0.15) is 13.8 Å². The lowest BCUT2D eigenvalue weighted by atomic mass is 10.1. The number of benzene rings is 2. The Hall–Kier alpha value is -4.02. The molecule has 3 heterocycles. The SMILES string of the molecule is C.Cc1cc(CO)c2oc(COc3ccc(COC(=O)Cc4ccn([C@@H]5O[C@H](COP(=O)([O-])O)[C@@H](O)C5(F)F)c(=O)n4)cc3)cc2c1. The molecule has 47 heavy (non-hydrogen) atoms. The summed E-state index contributed by atoms with van der Waals surface area (Å²) in [5, 5.41) is 20.3. The van der Waals surface area contributed by atoms with E-state index in [0.717, 1.165) is 23.2 Å². The van der Waals surface area contributed by atoms with Gasteiger partial charge in [0.25, 0.3) is 7.82 Å². The standard InChI is InChI=1S/C29H29F2N2O12P.CH4/c1-16-8-18-10-22(44-25(18)19(9-16)12-34)14-41-21-4-2-17(3-5-21)13-42-24(35)11-20-6-7-33(28(37)32-20)27-29(30,31)26(36)23(45-27)15-43-46(38,39)40;/h2-10,23,26-27,34,36H,11-15H2,1H3,(H2,38,39,40);1H4/p-1/t23-,26-,27-;/m1./s1. The van der Waals surface area contributed by atoms with Crippen molar-refractivity contribution in [3.05, 3.63) is 93.4 Å². The topological polar surface area (TPSA) is 203 Å². The van der Waals surface area contributed by atoms with Crippen LogP contribution in [0.15, 0.2) is 63.9 Å². The van der Waals surface area contributed by atoms with E-state index < -0.39 is 56.9 Å². The molecule has 1 aliphatic heterocycles. The van der Waals surface area contributed by atoms with Crippen LogP contribution in [0.25, 0.3) is 11.0 Å². The summed E-state index contributed by atoms with van der Waals surface area (Å²) in [6.45, 7) is 0.688. The molecule has 1 aliphatic rings. The lowest BCUT2D eigenvalue weighted by Crippen LogP contribution is -2.42. The molecule has 0 saturated carbocycles. The van der Waals surface area contributed by atoms with E-state index in [0.29, 0.717) is 32.8 Å². The van der Waals surface area contributed by atoms with Crippen molar-refractivity contribution in [2.75, 3.05) is 6.61 Å². The minimum Gasteiger partial charge on any atom is -0.756 e. The zero-order valence-corrected chi connectivity index (χ0v) is 25.0. The number of rotatable bonds is 12. The summed E-state index contributed by atoms with van der Waals surface area (Å²) in [4.78, 5) is 47.9. The van der Waals surface area contributed by atoms with Gasteiger partial charge in [0, 0.05) is 17.1 Å². The molecule has 3 N–H and O–H groups in total. The number of furan rings is 1. The number of phosphoric ester groups is 1. The molecule has 4 aromatic rings. The molecule has 1 saturated heterocycles. The molecular weight excluding hydrogens is 649 g/mol. The first kappa shape index (κ1) is 35.8. The van der Waals surface area contributed by atoms with Crippen LogP contribution >= 0.6 is 7.82 Å². The number of alkyl halides is 2. The number of hydrogen-bond acceptors (Lipinski definition) is 12. The smallest absolute Gasteiger partial charge is 0.350 e. The molecule has 17 heteroatoms. The summed E-state index contributed by atoms with van der Waals surface area (Å²) in [5.74, 6) is -3.71. The fraction of sp³-hybridized carbons (Fsp3) is 0.367. The van der Waals surface area contributed by atoms with Crippen LogP contribution in [0.5, 0.6) is 5.75 Å². The Balaban J connectivity index is 0.00000500. The highest BCUT2D eigenvalue weighted by atomic mass is 31.2. The number of fused-ring (bicyclic) bond motifs is 1. The van der Waals surface area contributed by atoms with E-state index in [4.69, 9.17) is 23.5 Å². The van der Waals surface area contributed by atoms with Crippen molar-refractivity contribution >= 4 is 24.8 Å². The zero-order chi connectivity index (χ0) is 33.2. The van der Waals surface area contributed by atoms with Gasteiger partial charge in [-0.25, -0.2) is 4.79 Å². The van der Waals surface area contributed by atoms with E-state index >= 15 is 0 Å². The predicted molar refractivity (Wildman–Crippen MR) is 157 cm³/mol. The van der Waals surface area contributed by atoms with Crippen molar-refractivity contribution in [2.45, 2.75) is 65.0 Å². The molecule has 1 unspecified atom stereocenters. The summed E-state index contributed by atoms with van der Waals surface area (Å²) < 4.78 is 66.2. The van der Waals surface area contributed by atoms with Gasteiger partial charge < -0.3 is 43.2 Å². The third kappa shape index (κ3) is 8.48. The Labute approximate surface area is 266 Å². The molecule has 0 spiro atoms. The normalized spacial score (nSPS) is 20.0. The molecule has 0 radical (unpaired) electrons. The Bertz CT molecular complexity index is 1820. The molecule has 0 aliphatic carbocycles. The van der Waals surface area contributed by atoms with E-state index in [-0.39, 0.29) is 32.9 Å². The number of phosphoric acid groups is 1. The van der Waals surface area contributed by atoms with Crippen LogP contribution in [0.3, 0.4) is 0 Å². The van der Waals surface area contributed by atoms with Gasteiger partial charge in [0.15, 0.2) is 6.10 Å². The Morgan fingerprint density at radius 3 is 2.55 bits per heavy atom. The zero-order valence-electron chi connectivity index (χ0n) is 24.1. The molecule has 4 atom stereocenters. The highest BCUT2D eigenvalue weighted by Crippen LogP contribution is 2.43. The largest absolute Gasteiger partial charge is 0.756 e. The third-order valence-corrected chi connectivity index (χ3v) is 7.49. The molecule has 2 aromatic carbocycles. The van der Waals surface area contributed by atoms with Crippen molar-refractivity contribution in [3.8, 4) is 5.75 Å². The number of aliphatic hydroxyl groups excluding tert-OH is 2. The number of hydrogen-bond donors (Lipinski definition) is 3. The number of nitrogens with zero attached hydrogens (tertiary/aromatic N) is 2. The third-order valence-electron chi connectivity index (χ3n) is 7.01. The van der Waals surface area contributed by atoms with Crippen molar-refractivity contribution in [1.29, 1.82) is 0 Å². The van der Waals surface area contributed by atoms with E-state index in [1.54, 1.807) is 24.3 Å². The van der Waals surface area contributed by atoms with Crippen LogP contribution in [-0.2, 0) is 49.6 Å². The van der Waals surface area contributed by atoms with E-state index in [2.05, 4.69) is 9.51 Å². The molecular formula is C30H32F2N2O12P-. The van der Waals surface area contributed by atoms with Gasteiger partial charge in [0.05, 0.1) is 25.3 Å². The van der Waals surface area contributed by atoms with Crippen LogP contribution in [0.2, 0.25) is 0 Å². The molecule has 0 bridgehead atoms. The maximum atomic E-state index is 14.6.